The van der Waals surface area contributed by atoms with Gasteiger partial charge >= 0.3 is 12.4 Å². The van der Waals surface area contributed by atoms with Crippen molar-refractivity contribution in [3.05, 3.63) is 29.1 Å². The minimum absolute atomic E-state index is 0.0382. The third-order valence-electron chi connectivity index (χ3n) is 3.56. The van der Waals surface area contributed by atoms with Crippen LogP contribution in [0.15, 0.2) is 12.1 Å². The van der Waals surface area contributed by atoms with Gasteiger partial charge in [-0.05, 0) is 12.1 Å². The maximum Gasteiger partial charge on any atom is 0.418 e. The molecule has 0 amide bonds. The van der Waals surface area contributed by atoms with Crippen molar-refractivity contribution in [1.82, 2.24) is 15.3 Å². The predicted molar refractivity (Wildman–Crippen MR) is 70.6 cm³/mol. The molecular formula is C12H9F6N3O2S. The highest BCUT2D eigenvalue weighted by molar-refractivity contribution is 7.91. The highest BCUT2D eigenvalue weighted by Gasteiger charge is 2.40. The smallest absolute Gasteiger partial charge is 0.340 e. The van der Waals surface area contributed by atoms with E-state index < -0.39 is 49.7 Å². The second-order valence-electron chi connectivity index (χ2n) is 5.24. The van der Waals surface area contributed by atoms with Gasteiger partial charge in [0, 0.05) is 6.54 Å². The highest BCUT2D eigenvalue weighted by atomic mass is 32.2. The van der Waals surface area contributed by atoms with E-state index in [0.29, 0.717) is 6.07 Å². The molecule has 1 atom stereocenters. The zero-order chi connectivity index (χ0) is 17.9. The number of aromatic amines is 1. The maximum atomic E-state index is 13.1. The van der Waals surface area contributed by atoms with E-state index in [1.165, 1.54) is 0 Å². The van der Waals surface area contributed by atoms with Crippen molar-refractivity contribution in [3.63, 3.8) is 0 Å². The lowest BCUT2D eigenvalue weighted by atomic mass is 10.1. The predicted octanol–water partition coefficient (Wildman–Crippen LogP) is 2.62. The molecule has 132 valence electrons. The average Bonchev–Trinajstić information content (AvgIpc) is 2.96. The summed E-state index contributed by atoms with van der Waals surface area (Å²) < 4.78 is 101. The van der Waals surface area contributed by atoms with E-state index in [-0.39, 0.29) is 24.2 Å². The van der Waals surface area contributed by atoms with Gasteiger partial charge in [-0.1, -0.05) is 0 Å². The molecule has 3 rings (SSSR count). The van der Waals surface area contributed by atoms with Crippen molar-refractivity contribution < 1.29 is 34.8 Å². The normalized spacial score (nSPS) is 21.5. The van der Waals surface area contributed by atoms with Crippen LogP contribution < -0.4 is 5.32 Å². The molecule has 1 fully saturated rings. The van der Waals surface area contributed by atoms with Gasteiger partial charge in [0.2, 0.25) is 0 Å². The van der Waals surface area contributed by atoms with Gasteiger partial charge in [0.05, 0.1) is 22.4 Å². The Morgan fingerprint density at radius 3 is 2.25 bits per heavy atom. The summed E-state index contributed by atoms with van der Waals surface area (Å²) in [6, 6.07) is 0.437. The summed E-state index contributed by atoms with van der Waals surface area (Å²) in [6.45, 7) is 0.0734. The molecule has 12 heteroatoms. The number of benzene rings is 1. The Kier molecular flexibility index (Phi) is 3.61. The van der Waals surface area contributed by atoms with Crippen LogP contribution in [0.1, 0.15) is 22.3 Å². The van der Waals surface area contributed by atoms with Crippen molar-refractivity contribution in [2.75, 3.05) is 12.3 Å². The van der Waals surface area contributed by atoms with Gasteiger partial charge in [-0.2, -0.15) is 26.3 Å². The third kappa shape index (κ3) is 2.83. The highest BCUT2D eigenvalue weighted by Crippen LogP contribution is 2.40. The molecule has 1 aromatic carbocycles. The topological polar surface area (TPSA) is 74.8 Å². The van der Waals surface area contributed by atoms with Crippen LogP contribution >= 0.6 is 0 Å². The summed E-state index contributed by atoms with van der Waals surface area (Å²) in [5.74, 6) is -0.610. The van der Waals surface area contributed by atoms with E-state index in [1.54, 1.807) is 0 Å². The molecule has 0 bridgehead atoms. The fourth-order valence-corrected chi connectivity index (χ4v) is 3.95. The fraction of sp³-hybridized carbons (Fsp3) is 0.417. The third-order valence-corrected chi connectivity index (χ3v) is 5.44. The number of fused-ring (bicyclic) bond motifs is 1. The van der Waals surface area contributed by atoms with Crippen molar-refractivity contribution in [1.29, 1.82) is 0 Å². The molecule has 0 radical (unpaired) electrons. The number of alkyl halides is 6. The number of halogens is 6. The van der Waals surface area contributed by atoms with Gasteiger partial charge in [0.15, 0.2) is 15.2 Å². The number of hydrogen-bond acceptors (Lipinski definition) is 4. The molecule has 1 aliphatic rings. The Hall–Kier alpha value is -1.82. The van der Waals surface area contributed by atoms with Crippen molar-refractivity contribution in [2.24, 2.45) is 0 Å². The number of nitrogens with zero attached hydrogens (tertiary/aromatic N) is 1. The van der Waals surface area contributed by atoms with Crippen LogP contribution in [0.25, 0.3) is 11.0 Å². The van der Waals surface area contributed by atoms with Gasteiger partial charge in [-0.15, -0.1) is 0 Å². The molecule has 1 unspecified atom stereocenters. The monoisotopic (exact) mass is 373 g/mol. The number of imidazole rings is 1. The molecule has 0 saturated carbocycles. The first-order valence-electron chi connectivity index (χ1n) is 6.52. The maximum absolute atomic E-state index is 13.1. The van der Waals surface area contributed by atoms with E-state index in [1.807, 2.05) is 0 Å². The summed E-state index contributed by atoms with van der Waals surface area (Å²) in [5.41, 5.74) is -4.37. The number of H-pyrrole nitrogens is 1. The SMILES string of the molecule is O=S1(=O)CCNC1c1nc2c(C(F)(F)F)cc(C(F)(F)F)cc2[nH]1. The molecule has 1 aromatic heterocycles. The second-order valence-corrected chi connectivity index (χ2v) is 7.44. The summed E-state index contributed by atoms with van der Waals surface area (Å²) in [5, 5.41) is 1.17. The molecule has 0 aliphatic carbocycles. The van der Waals surface area contributed by atoms with E-state index in [4.69, 9.17) is 0 Å². The number of hydrogen-bond donors (Lipinski definition) is 2. The Bertz CT molecular complexity index is 900. The molecular weight excluding hydrogens is 364 g/mol. The molecule has 2 heterocycles. The average molecular weight is 373 g/mol. The summed E-state index contributed by atoms with van der Waals surface area (Å²) in [7, 11) is -3.68. The molecule has 0 spiro atoms. The lowest BCUT2D eigenvalue weighted by molar-refractivity contribution is -0.142. The van der Waals surface area contributed by atoms with E-state index >= 15 is 0 Å². The minimum atomic E-state index is -5.08. The molecule has 1 saturated heterocycles. The second kappa shape index (κ2) is 5.09. The Morgan fingerprint density at radius 1 is 1.08 bits per heavy atom. The van der Waals surface area contributed by atoms with Crippen molar-refractivity contribution in [2.45, 2.75) is 17.7 Å². The minimum Gasteiger partial charge on any atom is -0.340 e. The van der Waals surface area contributed by atoms with Gasteiger partial charge in [-0.3, -0.25) is 5.32 Å². The van der Waals surface area contributed by atoms with Crippen LogP contribution in [-0.2, 0) is 22.2 Å². The van der Waals surface area contributed by atoms with Gasteiger partial charge < -0.3 is 4.98 Å². The molecule has 2 N–H and O–H groups in total. The van der Waals surface area contributed by atoms with Crippen molar-refractivity contribution >= 4 is 20.9 Å². The van der Waals surface area contributed by atoms with Gasteiger partial charge in [0.1, 0.15) is 11.3 Å². The van der Waals surface area contributed by atoms with Crippen LogP contribution in [0, 0.1) is 0 Å². The van der Waals surface area contributed by atoms with E-state index in [2.05, 4.69) is 15.3 Å². The Balaban J connectivity index is 2.25. The molecule has 2 aromatic rings. The van der Waals surface area contributed by atoms with Crippen LogP contribution in [-0.4, -0.2) is 30.7 Å². The summed E-state index contributed by atoms with van der Waals surface area (Å²) in [4.78, 5) is 5.86. The lowest BCUT2D eigenvalue weighted by Crippen LogP contribution is -2.19. The van der Waals surface area contributed by atoms with Crippen LogP contribution in [0.3, 0.4) is 0 Å². The number of aromatic nitrogens is 2. The van der Waals surface area contributed by atoms with Crippen LogP contribution in [0.2, 0.25) is 0 Å². The van der Waals surface area contributed by atoms with E-state index in [9.17, 15) is 34.8 Å². The summed E-state index contributed by atoms with van der Waals surface area (Å²) in [6.07, 6.45) is -10.1. The number of nitrogens with one attached hydrogen (secondary N) is 2. The molecule has 5 nitrogen and oxygen atoms in total. The van der Waals surface area contributed by atoms with Crippen LogP contribution in [0.5, 0.6) is 0 Å². The number of rotatable bonds is 1. The lowest BCUT2D eigenvalue weighted by Gasteiger charge is -2.11. The first kappa shape index (κ1) is 17.0. The summed E-state index contributed by atoms with van der Waals surface area (Å²) >= 11 is 0. The van der Waals surface area contributed by atoms with E-state index in [0.717, 1.165) is 0 Å². The van der Waals surface area contributed by atoms with Gasteiger partial charge in [-0.25, -0.2) is 13.4 Å². The number of sulfone groups is 1. The van der Waals surface area contributed by atoms with Crippen LogP contribution in [0.4, 0.5) is 26.3 Å². The first-order valence-corrected chi connectivity index (χ1v) is 8.24. The Morgan fingerprint density at radius 2 is 1.75 bits per heavy atom. The zero-order valence-corrected chi connectivity index (χ0v) is 12.4. The molecule has 24 heavy (non-hydrogen) atoms. The standard InChI is InChI=1S/C12H9F6N3O2S/c13-11(14,15)5-3-6(12(16,17)18)8-7(4-5)20-9(21-8)10-19-1-2-24(10,22)23/h3-4,10,19H,1-2H2,(H,20,21). The fourth-order valence-electron chi connectivity index (χ4n) is 2.48. The molecule has 1 aliphatic heterocycles. The zero-order valence-electron chi connectivity index (χ0n) is 11.6. The van der Waals surface area contributed by atoms with Gasteiger partial charge in [0.25, 0.3) is 0 Å². The Labute approximate surface area is 131 Å². The largest absolute Gasteiger partial charge is 0.418 e. The van der Waals surface area contributed by atoms with Crippen molar-refractivity contribution in [3.8, 4) is 0 Å². The first-order chi connectivity index (χ1) is 10.9. The quantitative estimate of drug-likeness (QED) is 0.754.